The van der Waals surface area contributed by atoms with E-state index in [0.717, 1.165) is 22.0 Å². The van der Waals surface area contributed by atoms with E-state index in [1.807, 2.05) is 42.6 Å². The molecule has 0 saturated heterocycles. The summed E-state index contributed by atoms with van der Waals surface area (Å²) in [5, 5.41) is 6.94. The maximum atomic E-state index is 13.8. The summed E-state index contributed by atoms with van der Waals surface area (Å²) in [6, 6.07) is 57.6. The summed E-state index contributed by atoms with van der Waals surface area (Å²) in [6.07, 6.45) is 3.63. The fourth-order valence-electron chi connectivity index (χ4n) is 6.89. The van der Waals surface area contributed by atoms with E-state index in [2.05, 4.69) is 127 Å². The number of aryl methyl sites for hydroxylation is 1. The van der Waals surface area contributed by atoms with Gasteiger partial charge in [0.2, 0.25) is 0 Å². The molecule has 2 nitrogen and oxygen atoms in total. The molecule has 0 bridgehead atoms. The highest BCUT2D eigenvalue weighted by atomic mass is 19.1. The van der Waals surface area contributed by atoms with Crippen LogP contribution >= 0.6 is 0 Å². The van der Waals surface area contributed by atoms with Crippen molar-refractivity contribution in [1.29, 1.82) is 0 Å². The lowest BCUT2D eigenvalue weighted by Gasteiger charge is -2.18. The summed E-state index contributed by atoms with van der Waals surface area (Å²) < 4.78 is 13.8. The lowest BCUT2D eigenvalue weighted by Crippen LogP contribution is -1.94. The molecule has 0 aliphatic carbocycles. The Hall–Kier alpha value is -6.45. The van der Waals surface area contributed by atoms with E-state index in [-0.39, 0.29) is 5.82 Å². The Morgan fingerprint density at radius 1 is 0.360 bits per heavy atom. The van der Waals surface area contributed by atoms with Crippen molar-refractivity contribution in [2.45, 2.75) is 6.92 Å². The molecule has 0 unspecified atom stereocenters. The number of pyridine rings is 2. The molecular formula is C47H33FN2. The Bertz CT molecular complexity index is 2630. The Morgan fingerprint density at radius 2 is 0.820 bits per heavy atom. The van der Waals surface area contributed by atoms with Crippen LogP contribution < -0.4 is 0 Å². The average molecular weight is 645 g/mol. The molecule has 2 aromatic heterocycles. The summed E-state index contributed by atoms with van der Waals surface area (Å²) in [4.78, 5) is 9.14. The summed E-state index contributed by atoms with van der Waals surface area (Å²) >= 11 is 0. The average Bonchev–Trinajstić information content (AvgIpc) is 3.18. The van der Waals surface area contributed by atoms with Gasteiger partial charge in [-0.25, -0.2) is 4.39 Å². The molecule has 7 aromatic carbocycles. The predicted molar refractivity (Wildman–Crippen MR) is 207 cm³/mol. The molecule has 3 heteroatoms. The van der Waals surface area contributed by atoms with Crippen LogP contribution in [0.15, 0.2) is 182 Å². The standard InChI is InChI=1S/C32H23N.C15H10FN/c1-22-10-2-5-13-25(22)31-26-14-6-3-11-23(26)18-19-29(31)28-16-8-9-17-30(28)32-27-15-7-4-12-24(27)20-21-33-32;16-14-8-4-3-7-13(14)15-12-6-2-1-5-11(12)9-10-17-15/h2-21H,1H3;1-10H. The monoisotopic (exact) mass is 644 g/mol. The molecule has 9 rings (SSSR count). The highest BCUT2D eigenvalue weighted by molar-refractivity contribution is 6.08. The summed E-state index contributed by atoms with van der Waals surface area (Å²) in [5.74, 6) is -0.239. The Balaban J connectivity index is 0.000000178. The topological polar surface area (TPSA) is 25.8 Å². The predicted octanol–water partition coefficient (Wildman–Crippen LogP) is 12.7. The first-order valence-corrected chi connectivity index (χ1v) is 16.8. The number of halogens is 1. The molecule has 50 heavy (non-hydrogen) atoms. The highest BCUT2D eigenvalue weighted by Crippen LogP contribution is 2.43. The van der Waals surface area contributed by atoms with Crippen LogP contribution in [-0.2, 0) is 0 Å². The van der Waals surface area contributed by atoms with E-state index in [1.165, 1.54) is 55.4 Å². The molecule has 0 N–H and O–H groups in total. The van der Waals surface area contributed by atoms with Crippen molar-refractivity contribution in [3.63, 3.8) is 0 Å². The van der Waals surface area contributed by atoms with E-state index in [9.17, 15) is 4.39 Å². The fraction of sp³-hybridized carbons (Fsp3) is 0.0213. The van der Waals surface area contributed by atoms with E-state index in [0.29, 0.717) is 11.3 Å². The van der Waals surface area contributed by atoms with Gasteiger partial charge in [-0.15, -0.1) is 0 Å². The summed E-state index contributed by atoms with van der Waals surface area (Å²) in [7, 11) is 0. The zero-order chi connectivity index (χ0) is 33.9. The van der Waals surface area contributed by atoms with Crippen LogP contribution in [0.1, 0.15) is 5.56 Å². The van der Waals surface area contributed by atoms with Gasteiger partial charge in [-0.05, 0) is 80.6 Å². The van der Waals surface area contributed by atoms with Crippen molar-refractivity contribution in [2.75, 3.05) is 0 Å². The third-order valence-corrected chi connectivity index (χ3v) is 9.29. The number of benzene rings is 7. The van der Waals surface area contributed by atoms with Gasteiger partial charge >= 0.3 is 0 Å². The molecule has 0 amide bonds. The van der Waals surface area contributed by atoms with Crippen molar-refractivity contribution in [2.24, 2.45) is 0 Å². The Labute approximate surface area is 291 Å². The van der Waals surface area contributed by atoms with Gasteiger partial charge in [0.05, 0.1) is 11.4 Å². The van der Waals surface area contributed by atoms with Crippen LogP contribution in [0.25, 0.3) is 77.1 Å². The number of fused-ring (bicyclic) bond motifs is 3. The van der Waals surface area contributed by atoms with Crippen molar-refractivity contribution in [3.05, 3.63) is 194 Å². The van der Waals surface area contributed by atoms with E-state index < -0.39 is 0 Å². The molecule has 9 aromatic rings. The third kappa shape index (κ3) is 5.80. The number of hydrogen-bond donors (Lipinski definition) is 0. The third-order valence-electron chi connectivity index (χ3n) is 9.29. The molecule has 0 fully saturated rings. The first kappa shape index (κ1) is 30.9. The summed E-state index contributed by atoms with van der Waals surface area (Å²) in [5.41, 5.74) is 9.66. The maximum absolute atomic E-state index is 13.8. The van der Waals surface area contributed by atoms with Gasteiger partial charge in [0.25, 0.3) is 0 Å². The zero-order valence-electron chi connectivity index (χ0n) is 27.6. The van der Waals surface area contributed by atoms with Gasteiger partial charge < -0.3 is 0 Å². The largest absolute Gasteiger partial charge is 0.256 e. The van der Waals surface area contributed by atoms with Gasteiger partial charge in [-0.3, -0.25) is 9.97 Å². The second kappa shape index (κ2) is 13.6. The maximum Gasteiger partial charge on any atom is 0.132 e. The van der Waals surface area contributed by atoms with Crippen molar-refractivity contribution in [3.8, 4) is 44.8 Å². The minimum atomic E-state index is -0.239. The number of hydrogen-bond acceptors (Lipinski definition) is 2. The Morgan fingerprint density at radius 3 is 1.44 bits per heavy atom. The van der Waals surface area contributed by atoms with Crippen molar-refractivity contribution >= 4 is 32.3 Å². The molecule has 0 radical (unpaired) electrons. The second-order valence-corrected chi connectivity index (χ2v) is 12.3. The molecule has 0 saturated carbocycles. The lowest BCUT2D eigenvalue weighted by atomic mass is 9.85. The molecule has 0 atom stereocenters. The molecule has 238 valence electrons. The minimum Gasteiger partial charge on any atom is -0.256 e. The number of nitrogens with zero attached hydrogens (tertiary/aromatic N) is 2. The quantitative estimate of drug-likeness (QED) is 0.191. The molecule has 0 aliphatic rings. The van der Waals surface area contributed by atoms with Crippen LogP contribution in [0.5, 0.6) is 0 Å². The lowest BCUT2D eigenvalue weighted by molar-refractivity contribution is 0.631. The molecular weight excluding hydrogens is 612 g/mol. The zero-order valence-corrected chi connectivity index (χ0v) is 27.6. The molecule has 0 aliphatic heterocycles. The van der Waals surface area contributed by atoms with Crippen LogP contribution in [0.2, 0.25) is 0 Å². The number of aromatic nitrogens is 2. The Kier molecular flexibility index (Phi) is 8.38. The van der Waals surface area contributed by atoms with Crippen LogP contribution in [0.3, 0.4) is 0 Å². The van der Waals surface area contributed by atoms with Crippen LogP contribution in [-0.4, -0.2) is 9.97 Å². The van der Waals surface area contributed by atoms with Crippen molar-refractivity contribution in [1.82, 2.24) is 9.97 Å². The van der Waals surface area contributed by atoms with Gasteiger partial charge in [0.1, 0.15) is 5.82 Å². The summed E-state index contributed by atoms with van der Waals surface area (Å²) in [6.45, 7) is 2.19. The molecule has 2 heterocycles. The fourth-order valence-corrected chi connectivity index (χ4v) is 6.89. The second-order valence-electron chi connectivity index (χ2n) is 12.3. The first-order valence-electron chi connectivity index (χ1n) is 16.8. The van der Waals surface area contributed by atoms with Crippen LogP contribution in [0, 0.1) is 12.7 Å². The highest BCUT2D eigenvalue weighted by Gasteiger charge is 2.18. The normalized spacial score (nSPS) is 11.0. The minimum absolute atomic E-state index is 0.239. The molecule has 0 spiro atoms. The van der Waals surface area contributed by atoms with E-state index in [1.54, 1.807) is 18.3 Å². The SMILES string of the molecule is Cc1ccccc1-c1c(-c2ccccc2-c2nccc3ccccc23)ccc2ccccc12.Fc1ccccc1-c1nccc2ccccc12. The van der Waals surface area contributed by atoms with E-state index >= 15 is 0 Å². The van der Waals surface area contributed by atoms with Gasteiger partial charge in [0.15, 0.2) is 0 Å². The first-order chi connectivity index (χ1) is 24.7. The van der Waals surface area contributed by atoms with E-state index in [4.69, 9.17) is 4.98 Å². The number of rotatable bonds is 4. The van der Waals surface area contributed by atoms with Gasteiger partial charge in [0, 0.05) is 34.3 Å². The van der Waals surface area contributed by atoms with Crippen LogP contribution in [0.4, 0.5) is 4.39 Å². The van der Waals surface area contributed by atoms with Gasteiger partial charge in [-0.1, -0.05) is 146 Å². The smallest absolute Gasteiger partial charge is 0.132 e. The van der Waals surface area contributed by atoms with Crippen molar-refractivity contribution < 1.29 is 4.39 Å². The van der Waals surface area contributed by atoms with Gasteiger partial charge in [-0.2, -0.15) is 0 Å².